The van der Waals surface area contributed by atoms with E-state index < -0.39 is 42.7 Å². The lowest BCUT2D eigenvalue weighted by atomic mass is 10.0. The summed E-state index contributed by atoms with van der Waals surface area (Å²) in [6.45, 7) is 2.61. The molecule has 0 amide bonds. The second-order valence-corrected chi connectivity index (χ2v) is 14.9. The number of halogens is 6. The highest BCUT2D eigenvalue weighted by Crippen LogP contribution is 2.31. The third kappa shape index (κ3) is 14.5. The van der Waals surface area contributed by atoms with Gasteiger partial charge in [0.05, 0.1) is 0 Å². The van der Waals surface area contributed by atoms with Crippen LogP contribution in [-0.2, 0) is 46.2 Å². The van der Waals surface area contributed by atoms with Gasteiger partial charge in [-0.3, -0.25) is 4.79 Å². The van der Waals surface area contributed by atoms with Gasteiger partial charge in [-0.2, -0.15) is 0 Å². The third-order valence-electron chi connectivity index (χ3n) is 7.94. The second-order valence-electron chi connectivity index (χ2n) is 12.3. The lowest BCUT2D eigenvalue weighted by Gasteiger charge is -2.16. The molecular formula is C40H36Cl6O9. The monoisotopic (exact) mass is 870 g/mol. The van der Waals surface area contributed by atoms with E-state index in [1.165, 1.54) is 26.0 Å². The van der Waals surface area contributed by atoms with Crippen molar-refractivity contribution in [3.05, 3.63) is 125 Å². The van der Waals surface area contributed by atoms with Crippen LogP contribution in [0.5, 0.6) is 11.5 Å². The minimum absolute atomic E-state index is 0.0534. The van der Waals surface area contributed by atoms with E-state index in [4.69, 9.17) is 93.3 Å². The third-order valence-corrected chi connectivity index (χ3v) is 9.59. The van der Waals surface area contributed by atoms with E-state index in [1.54, 1.807) is 60.7 Å². The summed E-state index contributed by atoms with van der Waals surface area (Å²) in [6.07, 6.45) is -0.110. The summed E-state index contributed by atoms with van der Waals surface area (Å²) >= 11 is 36.9. The summed E-state index contributed by atoms with van der Waals surface area (Å²) in [6, 6.07) is 19.9. The molecule has 0 aliphatic carbocycles. The topological polar surface area (TPSA) is 114 Å². The van der Waals surface area contributed by atoms with E-state index in [2.05, 4.69) is 0 Å². The summed E-state index contributed by atoms with van der Waals surface area (Å²) in [5, 5.41) is 2.61. The van der Waals surface area contributed by atoms with Gasteiger partial charge in [0.25, 0.3) is 0 Å². The Balaban J connectivity index is 1.12. The minimum Gasteiger partial charge on any atom is -0.451 e. The van der Waals surface area contributed by atoms with Crippen LogP contribution in [0.15, 0.2) is 72.8 Å². The van der Waals surface area contributed by atoms with E-state index in [1.807, 2.05) is 0 Å². The number of esters is 4. The van der Waals surface area contributed by atoms with Crippen LogP contribution in [0.25, 0.3) is 0 Å². The van der Waals surface area contributed by atoms with Crippen molar-refractivity contribution in [3.63, 3.8) is 0 Å². The fourth-order valence-electron chi connectivity index (χ4n) is 5.05. The van der Waals surface area contributed by atoms with E-state index in [0.717, 1.165) is 11.1 Å². The summed E-state index contributed by atoms with van der Waals surface area (Å²) in [5.74, 6) is -2.49. The van der Waals surface area contributed by atoms with Crippen molar-refractivity contribution in [1.29, 1.82) is 0 Å². The zero-order chi connectivity index (χ0) is 40.1. The van der Waals surface area contributed by atoms with E-state index >= 15 is 0 Å². The lowest BCUT2D eigenvalue weighted by molar-refractivity contribution is -0.164. The van der Waals surface area contributed by atoms with Crippen molar-refractivity contribution >= 4 is 93.5 Å². The molecule has 0 aliphatic heterocycles. The molecule has 0 spiro atoms. The van der Waals surface area contributed by atoms with Gasteiger partial charge in [0.2, 0.25) is 0 Å². The fraction of sp³-hybridized carbons (Fsp3) is 0.300. The minimum atomic E-state index is -1.23. The van der Waals surface area contributed by atoms with Gasteiger partial charge in [-0.15, -0.1) is 0 Å². The Morgan fingerprint density at radius 3 is 1.40 bits per heavy atom. The van der Waals surface area contributed by atoms with E-state index in [9.17, 15) is 19.2 Å². The van der Waals surface area contributed by atoms with Crippen LogP contribution in [-0.4, -0.2) is 49.3 Å². The Kier molecular flexibility index (Phi) is 17.4. The standard InChI is InChI=1S/C40H36Cl6O9/c1-23(39(49)54-35-20-31(43)13-9-27(35)16-25-7-11-29(41)18-33(25)45)52-37(47)6-4-3-5-15-51-22-38(48)53-24(2)40(50)55-36-21-32(44)14-10-28(36)17-26-8-12-30(42)19-34(26)46/h7-14,18-21,23-24H,3-6,15-17,22H2,1-2H3. The molecule has 0 saturated heterocycles. The van der Waals surface area contributed by atoms with Crippen molar-refractivity contribution in [3.8, 4) is 11.5 Å². The number of rotatable bonds is 18. The molecule has 0 aliphatic rings. The summed E-state index contributed by atoms with van der Waals surface area (Å²) < 4.78 is 26.9. The second kappa shape index (κ2) is 21.7. The molecule has 4 aromatic carbocycles. The lowest BCUT2D eigenvalue weighted by Crippen LogP contribution is -2.30. The maximum absolute atomic E-state index is 12.8. The molecular weight excluding hydrogens is 837 g/mol. The maximum Gasteiger partial charge on any atom is 0.352 e. The predicted octanol–water partition coefficient (Wildman–Crippen LogP) is 10.7. The Morgan fingerprint density at radius 2 is 0.945 bits per heavy atom. The summed E-state index contributed by atoms with van der Waals surface area (Å²) in [4.78, 5) is 50.3. The first-order chi connectivity index (χ1) is 26.2. The van der Waals surface area contributed by atoms with Crippen LogP contribution < -0.4 is 9.47 Å². The zero-order valence-corrected chi connectivity index (χ0v) is 34.2. The molecule has 2 unspecified atom stereocenters. The molecule has 4 aromatic rings. The molecule has 2 atom stereocenters. The highest BCUT2D eigenvalue weighted by Gasteiger charge is 2.23. The predicted molar refractivity (Wildman–Crippen MR) is 213 cm³/mol. The van der Waals surface area contributed by atoms with Gasteiger partial charge >= 0.3 is 23.9 Å². The van der Waals surface area contributed by atoms with Crippen molar-refractivity contribution in [2.75, 3.05) is 13.2 Å². The van der Waals surface area contributed by atoms with Crippen LogP contribution in [0.3, 0.4) is 0 Å². The van der Waals surface area contributed by atoms with Gasteiger partial charge in [0.15, 0.2) is 12.2 Å². The molecule has 9 nitrogen and oxygen atoms in total. The molecule has 0 saturated carbocycles. The normalized spacial score (nSPS) is 12.1. The first kappa shape index (κ1) is 44.2. The van der Waals surface area contributed by atoms with Crippen LogP contribution >= 0.6 is 69.6 Å². The van der Waals surface area contributed by atoms with Crippen molar-refractivity contribution < 1.29 is 42.9 Å². The quantitative estimate of drug-likeness (QED) is 0.0547. The van der Waals surface area contributed by atoms with Crippen LogP contribution in [0.1, 0.15) is 61.8 Å². The summed E-state index contributed by atoms with van der Waals surface area (Å²) in [7, 11) is 0. The molecule has 0 N–H and O–H groups in total. The molecule has 0 fully saturated rings. The Morgan fingerprint density at radius 1 is 0.527 bits per heavy atom. The van der Waals surface area contributed by atoms with Gasteiger partial charge in [0, 0.05) is 56.0 Å². The van der Waals surface area contributed by atoms with E-state index in [0.29, 0.717) is 73.4 Å². The Bertz CT molecular complexity index is 1860. The number of carbonyl (C=O) groups excluding carboxylic acids is 4. The molecule has 4 rings (SSSR count). The fourth-order valence-corrected chi connectivity index (χ4v) is 6.33. The summed E-state index contributed by atoms with van der Waals surface area (Å²) in [5.41, 5.74) is 2.81. The van der Waals surface area contributed by atoms with Crippen molar-refractivity contribution in [2.24, 2.45) is 0 Å². The first-order valence-corrected chi connectivity index (χ1v) is 19.3. The van der Waals surface area contributed by atoms with Gasteiger partial charge in [-0.1, -0.05) is 100 Å². The number of benzene rings is 4. The van der Waals surface area contributed by atoms with Crippen LogP contribution in [0.2, 0.25) is 30.1 Å². The van der Waals surface area contributed by atoms with Crippen LogP contribution in [0, 0.1) is 0 Å². The zero-order valence-electron chi connectivity index (χ0n) is 29.7. The molecule has 0 aromatic heterocycles. The highest BCUT2D eigenvalue weighted by molar-refractivity contribution is 6.35. The highest BCUT2D eigenvalue weighted by atomic mass is 35.5. The van der Waals surface area contributed by atoms with Gasteiger partial charge in [0.1, 0.15) is 18.1 Å². The number of hydrogen-bond acceptors (Lipinski definition) is 9. The number of unbranched alkanes of at least 4 members (excludes halogenated alkanes) is 2. The molecule has 292 valence electrons. The largest absolute Gasteiger partial charge is 0.451 e. The molecule has 15 heteroatoms. The smallest absolute Gasteiger partial charge is 0.352 e. The Hall–Kier alpha value is -3.54. The van der Waals surface area contributed by atoms with Gasteiger partial charge in [-0.05, 0) is 97.5 Å². The number of ether oxygens (including phenoxy) is 5. The number of hydrogen-bond donors (Lipinski definition) is 0. The van der Waals surface area contributed by atoms with Crippen molar-refractivity contribution in [2.45, 2.75) is 64.6 Å². The molecule has 0 radical (unpaired) electrons. The molecule has 55 heavy (non-hydrogen) atoms. The van der Waals surface area contributed by atoms with Crippen LogP contribution in [0.4, 0.5) is 0 Å². The average Bonchev–Trinajstić information content (AvgIpc) is 3.12. The first-order valence-electron chi connectivity index (χ1n) is 17.0. The average molecular weight is 873 g/mol. The molecule has 0 bridgehead atoms. The Labute approximate surface area is 348 Å². The van der Waals surface area contributed by atoms with Gasteiger partial charge in [-0.25, -0.2) is 14.4 Å². The van der Waals surface area contributed by atoms with Gasteiger partial charge < -0.3 is 23.7 Å². The number of carbonyl (C=O) groups is 4. The maximum atomic E-state index is 12.8. The van der Waals surface area contributed by atoms with E-state index in [-0.39, 0.29) is 24.5 Å². The van der Waals surface area contributed by atoms with Crippen molar-refractivity contribution in [1.82, 2.24) is 0 Å². The SMILES string of the molecule is CC(OC(=O)CCCCCOCC(=O)OC(C)C(=O)Oc1cc(Cl)ccc1Cc1ccc(Cl)cc1Cl)C(=O)Oc1cc(Cl)ccc1Cc1ccc(Cl)cc1Cl. The molecule has 0 heterocycles.